The molecule has 1 aliphatic rings. The summed E-state index contributed by atoms with van der Waals surface area (Å²) in [5, 5.41) is 11.7. The third-order valence-electron chi connectivity index (χ3n) is 1.94. The Morgan fingerprint density at radius 2 is 2.07 bits per heavy atom. The number of phenols is 1. The van der Waals surface area contributed by atoms with Crippen LogP contribution in [-0.4, -0.2) is 16.5 Å². The molecule has 1 saturated heterocycles. The van der Waals surface area contributed by atoms with E-state index in [4.69, 9.17) is 10.8 Å². The van der Waals surface area contributed by atoms with E-state index in [9.17, 15) is 4.79 Å². The number of phenolic OH excluding ortho intramolecular Hbond substituents is 1. The quantitative estimate of drug-likeness (QED) is 0.615. The molecule has 1 amide bonds. The predicted octanol–water partition coefficient (Wildman–Crippen LogP) is 0.838. The number of nitrogens with one attached hydrogen (secondary N) is 1. The van der Waals surface area contributed by atoms with Crippen LogP contribution in [0.1, 0.15) is 5.56 Å². The molecule has 78 valence electrons. The topological polar surface area (TPSA) is 75.3 Å². The van der Waals surface area contributed by atoms with Crippen LogP contribution < -0.4 is 11.1 Å². The fourth-order valence-corrected chi connectivity index (χ4v) is 2.05. The lowest BCUT2D eigenvalue weighted by molar-refractivity contribution is -0.116. The lowest BCUT2D eigenvalue weighted by Crippen LogP contribution is -2.31. The Balaban J connectivity index is 2.23. The van der Waals surface area contributed by atoms with Crippen molar-refractivity contribution in [3.05, 3.63) is 34.7 Å². The number of carbonyl (C=O) groups excluding carboxylic acids is 1. The van der Waals surface area contributed by atoms with Crippen LogP contribution >= 0.6 is 11.8 Å². The van der Waals surface area contributed by atoms with Gasteiger partial charge in [-0.15, -0.1) is 0 Å². The summed E-state index contributed by atoms with van der Waals surface area (Å²) in [5.74, 6) is 0.0537. The molecule has 2 rings (SSSR count). The maximum atomic E-state index is 11.3. The summed E-state index contributed by atoms with van der Waals surface area (Å²) >= 11 is 1.29. The largest absolute Gasteiger partial charge is 0.508 e. The number of thioether (sulfide) groups is 1. The molecule has 0 radical (unpaired) electrons. The Hall–Kier alpha value is -1.46. The number of amides is 1. The van der Waals surface area contributed by atoms with Gasteiger partial charge < -0.3 is 16.2 Å². The van der Waals surface area contributed by atoms with E-state index in [0.717, 1.165) is 5.56 Å². The number of carbonyl (C=O) groups is 1. The molecule has 5 heteroatoms. The predicted molar refractivity (Wildman–Crippen MR) is 59.8 cm³/mol. The van der Waals surface area contributed by atoms with Gasteiger partial charge in [0.1, 0.15) is 11.2 Å². The van der Waals surface area contributed by atoms with Crippen molar-refractivity contribution in [3.63, 3.8) is 0 Å². The second-order valence-electron chi connectivity index (χ2n) is 3.11. The van der Waals surface area contributed by atoms with Crippen LogP contribution in [-0.2, 0) is 4.79 Å². The number of rotatable bonds is 1. The van der Waals surface area contributed by atoms with Gasteiger partial charge in [0.15, 0.2) is 0 Å². The molecule has 0 aliphatic carbocycles. The minimum atomic E-state index is -0.360. The van der Waals surface area contributed by atoms with Crippen LogP contribution in [0.25, 0.3) is 6.08 Å². The second kappa shape index (κ2) is 3.96. The molecular formula is C10H10N2O2S. The van der Waals surface area contributed by atoms with E-state index >= 15 is 0 Å². The number of nitrogens with two attached hydrogens (primary N) is 1. The van der Waals surface area contributed by atoms with Gasteiger partial charge in [0.2, 0.25) is 0 Å². The molecule has 1 aromatic rings. The van der Waals surface area contributed by atoms with Gasteiger partial charge in [-0.3, -0.25) is 4.79 Å². The highest BCUT2D eigenvalue weighted by molar-refractivity contribution is 8.05. The Labute approximate surface area is 91.2 Å². The Kier molecular flexibility index (Phi) is 2.66. The van der Waals surface area contributed by atoms with E-state index in [-0.39, 0.29) is 17.2 Å². The van der Waals surface area contributed by atoms with E-state index < -0.39 is 0 Å². The Bertz CT molecular complexity index is 414. The van der Waals surface area contributed by atoms with Crippen molar-refractivity contribution in [2.45, 2.75) is 5.50 Å². The van der Waals surface area contributed by atoms with Crippen LogP contribution in [0.2, 0.25) is 0 Å². The first-order valence-electron chi connectivity index (χ1n) is 4.39. The molecule has 0 saturated carbocycles. The molecule has 0 bridgehead atoms. The molecule has 4 N–H and O–H groups in total. The number of benzene rings is 1. The van der Waals surface area contributed by atoms with Crippen LogP contribution in [0.4, 0.5) is 0 Å². The fraction of sp³-hybridized carbons (Fsp3) is 0.100. The Morgan fingerprint density at radius 3 is 2.60 bits per heavy atom. The zero-order valence-electron chi connectivity index (χ0n) is 7.81. The highest BCUT2D eigenvalue weighted by Crippen LogP contribution is 2.26. The average Bonchev–Trinajstić information content (AvgIpc) is 2.49. The summed E-state index contributed by atoms with van der Waals surface area (Å²) in [6, 6.07) is 6.62. The summed E-state index contributed by atoms with van der Waals surface area (Å²) in [4.78, 5) is 11.9. The minimum Gasteiger partial charge on any atom is -0.508 e. The molecule has 1 aromatic carbocycles. The van der Waals surface area contributed by atoms with E-state index in [0.29, 0.717) is 4.91 Å². The smallest absolute Gasteiger partial charge is 0.259 e. The molecule has 15 heavy (non-hydrogen) atoms. The summed E-state index contributed by atoms with van der Waals surface area (Å²) < 4.78 is 0. The van der Waals surface area contributed by atoms with Gasteiger partial charge in [0.25, 0.3) is 5.91 Å². The number of hydrogen-bond donors (Lipinski definition) is 3. The molecule has 1 aliphatic heterocycles. The van der Waals surface area contributed by atoms with Crippen molar-refractivity contribution >= 4 is 23.7 Å². The maximum Gasteiger partial charge on any atom is 0.259 e. The maximum absolute atomic E-state index is 11.3. The van der Waals surface area contributed by atoms with E-state index in [1.54, 1.807) is 30.3 Å². The van der Waals surface area contributed by atoms with Gasteiger partial charge in [-0.25, -0.2) is 0 Å². The van der Waals surface area contributed by atoms with Crippen molar-refractivity contribution in [1.82, 2.24) is 5.32 Å². The molecule has 4 nitrogen and oxygen atoms in total. The molecule has 1 fully saturated rings. The standard InChI is InChI=1S/C10H10N2O2S/c11-10-12-9(14)8(15-10)5-6-1-3-7(13)4-2-6/h1-5,10,13H,11H2,(H,12,14)/b8-5+. The zero-order chi connectivity index (χ0) is 10.8. The highest BCUT2D eigenvalue weighted by atomic mass is 32.2. The number of hydrogen-bond acceptors (Lipinski definition) is 4. The lowest BCUT2D eigenvalue weighted by Gasteiger charge is -1.96. The zero-order valence-corrected chi connectivity index (χ0v) is 8.62. The minimum absolute atomic E-state index is 0.152. The van der Waals surface area contributed by atoms with E-state index in [1.165, 1.54) is 11.8 Å². The van der Waals surface area contributed by atoms with Gasteiger partial charge in [-0.2, -0.15) is 0 Å². The average molecular weight is 222 g/mol. The first kappa shape index (κ1) is 10.1. The summed E-state index contributed by atoms with van der Waals surface area (Å²) in [7, 11) is 0. The van der Waals surface area contributed by atoms with Crippen molar-refractivity contribution < 1.29 is 9.90 Å². The molecule has 1 unspecified atom stereocenters. The van der Waals surface area contributed by atoms with Crippen molar-refractivity contribution in [1.29, 1.82) is 0 Å². The third-order valence-corrected chi connectivity index (χ3v) is 2.87. The van der Waals surface area contributed by atoms with Crippen LogP contribution in [0.15, 0.2) is 29.2 Å². The summed E-state index contributed by atoms with van der Waals surface area (Å²) in [6.07, 6.45) is 1.74. The van der Waals surface area contributed by atoms with Gasteiger partial charge in [-0.05, 0) is 23.8 Å². The van der Waals surface area contributed by atoms with Gasteiger partial charge >= 0.3 is 0 Å². The van der Waals surface area contributed by atoms with Gasteiger partial charge in [0, 0.05) is 0 Å². The lowest BCUT2D eigenvalue weighted by atomic mass is 10.2. The van der Waals surface area contributed by atoms with Crippen molar-refractivity contribution in [2.75, 3.05) is 0 Å². The normalized spacial score (nSPS) is 23.1. The van der Waals surface area contributed by atoms with E-state index in [1.807, 2.05) is 0 Å². The van der Waals surface area contributed by atoms with Gasteiger partial charge in [-0.1, -0.05) is 23.9 Å². The van der Waals surface area contributed by atoms with Crippen LogP contribution in [0.3, 0.4) is 0 Å². The van der Waals surface area contributed by atoms with Gasteiger partial charge in [0.05, 0.1) is 4.91 Å². The Morgan fingerprint density at radius 1 is 1.40 bits per heavy atom. The summed E-state index contributed by atoms with van der Waals surface area (Å²) in [6.45, 7) is 0. The van der Waals surface area contributed by atoms with Crippen LogP contribution in [0, 0.1) is 0 Å². The molecule has 1 atom stereocenters. The highest BCUT2D eigenvalue weighted by Gasteiger charge is 2.23. The molecule has 0 aromatic heterocycles. The molecule has 1 heterocycles. The van der Waals surface area contributed by atoms with Crippen LogP contribution in [0.5, 0.6) is 5.75 Å². The van der Waals surface area contributed by atoms with Crippen molar-refractivity contribution in [2.24, 2.45) is 5.73 Å². The number of aromatic hydroxyl groups is 1. The second-order valence-corrected chi connectivity index (χ2v) is 4.30. The first-order valence-corrected chi connectivity index (χ1v) is 5.27. The SMILES string of the molecule is NC1NC(=O)/C(=C\c2ccc(O)cc2)S1. The summed E-state index contributed by atoms with van der Waals surface area (Å²) in [5.41, 5.74) is 6.04. The molecular weight excluding hydrogens is 212 g/mol. The monoisotopic (exact) mass is 222 g/mol. The third kappa shape index (κ3) is 2.31. The fourth-order valence-electron chi connectivity index (χ4n) is 1.24. The van der Waals surface area contributed by atoms with E-state index in [2.05, 4.69) is 5.32 Å². The first-order chi connectivity index (χ1) is 7.15. The van der Waals surface area contributed by atoms with Crippen molar-refractivity contribution in [3.8, 4) is 5.75 Å². The molecule has 0 spiro atoms.